The molecule has 0 unspecified atom stereocenters. The molecule has 0 spiro atoms. The molecule has 10 heteroatoms. The molecule has 1 aromatic heterocycles. The minimum Gasteiger partial charge on any atom is -0.302 e. The zero-order chi connectivity index (χ0) is 20.3. The summed E-state index contributed by atoms with van der Waals surface area (Å²) in [6.45, 7) is 2.39. The number of carbonyl (C=O) groups is 1. The lowest BCUT2D eigenvalue weighted by atomic mass is 9.97. The molecular weight excluding hydrogens is 441 g/mol. The first-order valence-corrected chi connectivity index (χ1v) is 12.1. The molecule has 1 aromatic carbocycles. The van der Waals surface area contributed by atoms with Gasteiger partial charge in [-0.05, 0) is 37.5 Å². The number of carbonyl (C=O) groups excluding carboxylic acids is 1. The fraction of sp³-hybridized carbons (Fsp3) is 0.444. The van der Waals surface area contributed by atoms with E-state index in [4.69, 9.17) is 23.2 Å². The first-order valence-electron chi connectivity index (χ1n) is 8.96. The Balaban J connectivity index is 1.56. The molecule has 0 atom stereocenters. The van der Waals surface area contributed by atoms with Gasteiger partial charge in [0.25, 0.3) is 0 Å². The molecule has 2 aromatic rings. The number of hydrogen-bond acceptors (Lipinski definition) is 5. The van der Waals surface area contributed by atoms with Crippen molar-refractivity contribution in [3.63, 3.8) is 0 Å². The second-order valence-corrected chi connectivity index (χ2v) is 10.8. The summed E-state index contributed by atoms with van der Waals surface area (Å²) in [5.41, 5.74) is 0.942. The van der Waals surface area contributed by atoms with Crippen LogP contribution in [0.2, 0.25) is 10.0 Å². The second-order valence-electron chi connectivity index (χ2n) is 6.61. The summed E-state index contributed by atoms with van der Waals surface area (Å²) >= 11 is 13.5. The Hall–Kier alpha value is -1.19. The van der Waals surface area contributed by atoms with Gasteiger partial charge in [0.2, 0.25) is 15.9 Å². The van der Waals surface area contributed by atoms with E-state index in [0.717, 1.165) is 10.4 Å². The van der Waals surface area contributed by atoms with E-state index < -0.39 is 10.0 Å². The highest BCUT2D eigenvalue weighted by Gasteiger charge is 2.30. The Morgan fingerprint density at radius 2 is 2.04 bits per heavy atom. The van der Waals surface area contributed by atoms with Crippen LogP contribution in [0.4, 0.5) is 5.13 Å². The van der Waals surface area contributed by atoms with E-state index in [-0.39, 0.29) is 17.6 Å². The number of piperidine rings is 1. The molecule has 1 aliphatic heterocycles. The molecule has 2 heterocycles. The molecule has 1 amide bonds. The van der Waals surface area contributed by atoms with Crippen LogP contribution in [0.5, 0.6) is 0 Å². The quantitative estimate of drug-likeness (QED) is 0.703. The van der Waals surface area contributed by atoms with Gasteiger partial charge in [-0.25, -0.2) is 17.7 Å². The summed E-state index contributed by atoms with van der Waals surface area (Å²) in [7, 11) is -3.19. The van der Waals surface area contributed by atoms with Crippen molar-refractivity contribution in [3.8, 4) is 0 Å². The zero-order valence-electron chi connectivity index (χ0n) is 15.3. The van der Waals surface area contributed by atoms with E-state index in [1.54, 1.807) is 25.3 Å². The molecule has 1 fully saturated rings. The molecule has 0 saturated carbocycles. The number of nitrogens with zero attached hydrogens (tertiary/aromatic N) is 2. The molecule has 0 aliphatic carbocycles. The van der Waals surface area contributed by atoms with Crippen LogP contribution >= 0.6 is 34.5 Å². The van der Waals surface area contributed by atoms with Crippen LogP contribution in [-0.4, -0.2) is 42.5 Å². The number of halogens is 2. The van der Waals surface area contributed by atoms with E-state index in [2.05, 4.69) is 10.3 Å². The summed E-state index contributed by atoms with van der Waals surface area (Å²) in [5, 5.41) is 4.58. The van der Waals surface area contributed by atoms with Gasteiger partial charge < -0.3 is 5.32 Å². The monoisotopic (exact) mass is 461 g/mol. The lowest BCUT2D eigenvalue weighted by Crippen LogP contribution is -2.42. The molecule has 152 valence electrons. The first kappa shape index (κ1) is 21.5. The number of thiazole rings is 1. The van der Waals surface area contributed by atoms with Crippen molar-refractivity contribution in [1.29, 1.82) is 0 Å². The van der Waals surface area contributed by atoms with Gasteiger partial charge in [-0.3, -0.25) is 4.79 Å². The minimum absolute atomic E-state index is 0.0867. The zero-order valence-corrected chi connectivity index (χ0v) is 18.5. The van der Waals surface area contributed by atoms with Crippen LogP contribution in [0.15, 0.2) is 24.4 Å². The lowest BCUT2D eigenvalue weighted by Gasteiger charge is -2.30. The predicted molar refractivity (Wildman–Crippen MR) is 114 cm³/mol. The van der Waals surface area contributed by atoms with Crippen molar-refractivity contribution >= 4 is 55.6 Å². The second kappa shape index (κ2) is 9.09. The van der Waals surface area contributed by atoms with Crippen molar-refractivity contribution in [1.82, 2.24) is 9.29 Å². The van der Waals surface area contributed by atoms with Crippen molar-refractivity contribution in [2.75, 3.05) is 24.2 Å². The maximum Gasteiger partial charge on any atom is 0.229 e. The number of anilines is 1. The molecule has 0 radical (unpaired) electrons. The van der Waals surface area contributed by atoms with Gasteiger partial charge in [0.15, 0.2) is 5.13 Å². The Labute approximate surface area is 178 Å². The molecule has 1 aliphatic rings. The van der Waals surface area contributed by atoms with Gasteiger partial charge in [0, 0.05) is 46.5 Å². The van der Waals surface area contributed by atoms with Crippen LogP contribution < -0.4 is 5.32 Å². The third-order valence-electron chi connectivity index (χ3n) is 4.75. The number of nitrogens with one attached hydrogen (secondary N) is 1. The average molecular weight is 462 g/mol. The fourth-order valence-corrected chi connectivity index (χ4v) is 5.53. The average Bonchev–Trinajstić information content (AvgIpc) is 3.11. The number of benzene rings is 1. The van der Waals surface area contributed by atoms with E-state index in [9.17, 15) is 13.2 Å². The first-order chi connectivity index (χ1) is 13.3. The van der Waals surface area contributed by atoms with E-state index >= 15 is 0 Å². The summed E-state index contributed by atoms with van der Waals surface area (Å²) in [5.74, 6) is -0.232. The highest BCUT2D eigenvalue weighted by molar-refractivity contribution is 7.89. The Morgan fingerprint density at radius 3 is 2.68 bits per heavy atom. The largest absolute Gasteiger partial charge is 0.302 e. The third kappa shape index (κ3) is 5.24. The Bertz CT molecular complexity index is 955. The van der Waals surface area contributed by atoms with Crippen molar-refractivity contribution in [3.05, 3.63) is 44.9 Å². The number of hydrogen-bond donors (Lipinski definition) is 1. The lowest BCUT2D eigenvalue weighted by molar-refractivity contribution is -0.120. The topological polar surface area (TPSA) is 79.4 Å². The Morgan fingerprint density at radius 1 is 1.32 bits per heavy atom. The summed E-state index contributed by atoms with van der Waals surface area (Å²) in [6.07, 6.45) is 3.37. The highest BCUT2D eigenvalue weighted by atomic mass is 35.5. The van der Waals surface area contributed by atoms with Gasteiger partial charge in [-0.1, -0.05) is 29.3 Å². The molecule has 6 nitrogen and oxygen atoms in total. The van der Waals surface area contributed by atoms with Crippen molar-refractivity contribution < 1.29 is 13.2 Å². The number of sulfonamides is 1. The predicted octanol–water partition coefficient (Wildman–Crippen LogP) is 4.04. The molecule has 28 heavy (non-hydrogen) atoms. The van der Waals surface area contributed by atoms with E-state index in [0.29, 0.717) is 47.5 Å². The van der Waals surface area contributed by atoms with Gasteiger partial charge in [-0.15, -0.1) is 11.3 Å². The normalized spacial score (nSPS) is 16.2. The van der Waals surface area contributed by atoms with E-state index in [1.807, 2.05) is 6.07 Å². The maximum absolute atomic E-state index is 12.5. The third-order valence-corrected chi connectivity index (χ3v) is 8.13. The van der Waals surface area contributed by atoms with Crippen LogP contribution in [0.1, 0.15) is 30.2 Å². The van der Waals surface area contributed by atoms with Gasteiger partial charge in [0.1, 0.15) is 0 Å². The van der Waals surface area contributed by atoms with Crippen LogP contribution in [-0.2, 0) is 21.2 Å². The van der Waals surface area contributed by atoms with Crippen LogP contribution in [0.3, 0.4) is 0 Å². The summed E-state index contributed by atoms with van der Waals surface area (Å²) < 4.78 is 25.3. The number of aromatic nitrogens is 1. The van der Waals surface area contributed by atoms with Gasteiger partial charge >= 0.3 is 0 Å². The summed E-state index contributed by atoms with van der Waals surface area (Å²) in [6, 6.07) is 5.37. The van der Waals surface area contributed by atoms with Crippen molar-refractivity contribution in [2.24, 2.45) is 5.92 Å². The van der Waals surface area contributed by atoms with E-state index in [1.165, 1.54) is 15.6 Å². The van der Waals surface area contributed by atoms with Crippen LogP contribution in [0.25, 0.3) is 0 Å². The maximum atomic E-state index is 12.5. The fourth-order valence-electron chi connectivity index (χ4n) is 3.09. The smallest absolute Gasteiger partial charge is 0.229 e. The van der Waals surface area contributed by atoms with Crippen LogP contribution in [0, 0.1) is 5.92 Å². The highest BCUT2D eigenvalue weighted by Crippen LogP contribution is 2.28. The standard InChI is InChI=1S/C18H21Cl2N3O3S2/c1-2-28(25,26)23-7-5-12(6-8-23)17(24)22-18-21-11-15(27-18)9-13-3-4-14(19)10-16(13)20/h3-4,10-12H,2,5-9H2,1H3,(H,21,22,24). The number of rotatable bonds is 6. The molecule has 1 N–H and O–H groups in total. The molecule has 0 bridgehead atoms. The molecule has 3 rings (SSSR count). The molecular formula is C18H21Cl2N3O3S2. The van der Waals surface area contributed by atoms with Crippen molar-refractivity contribution in [2.45, 2.75) is 26.2 Å². The Kier molecular flexibility index (Phi) is 6.98. The summed E-state index contributed by atoms with van der Waals surface area (Å²) in [4.78, 5) is 17.8. The SMILES string of the molecule is CCS(=O)(=O)N1CCC(C(=O)Nc2ncc(Cc3ccc(Cl)cc3Cl)s2)CC1. The van der Waals surface area contributed by atoms with Gasteiger partial charge in [-0.2, -0.15) is 0 Å². The van der Waals surface area contributed by atoms with Gasteiger partial charge in [0.05, 0.1) is 5.75 Å². The minimum atomic E-state index is -3.19. The number of amides is 1. The molecule has 1 saturated heterocycles.